The van der Waals surface area contributed by atoms with Crippen LogP contribution in [0.4, 0.5) is 0 Å². The van der Waals surface area contributed by atoms with Crippen molar-refractivity contribution in [2.45, 2.75) is 37.4 Å². The lowest BCUT2D eigenvalue weighted by Crippen LogP contribution is -2.56. The molecule has 0 bridgehead atoms. The summed E-state index contributed by atoms with van der Waals surface area (Å²) in [5, 5.41) is 22.1. The van der Waals surface area contributed by atoms with Crippen LogP contribution < -0.4 is 22.1 Å². The average Bonchev–Trinajstić information content (AvgIpc) is 3.05. The number of rotatable bonds is 11. The van der Waals surface area contributed by atoms with Gasteiger partial charge in [0.05, 0.1) is 25.2 Å². The number of H-pyrrole nitrogens is 1. The van der Waals surface area contributed by atoms with E-state index < -0.39 is 60.6 Å². The third-order valence-corrected chi connectivity index (χ3v) is 3.36. The molecule has 1 rings (SSSR count). The normalized spacial score (nSPS) is 13.8. The Kier molecular flexibility index (Phi) is 7.88. The summed E-state index contributed by atoms with van der Waals surface area (Å²) in [7, 11) is 0. The van der Waals surface area contributed by atoms with Crippen LogP contribution in [0.15, 0.2) is 12.5 Å². The Morgan fingerprint density at radius 3 is 2.19 bits per heavy atom. The van der Waals surface area contributed by atoms with Crippen molar-refractivity contribution in [1.29, 1.82) is 0 Å². The molecule has 0 spiro atoms. The Hall–Kier alpha value is -3.48. The van der Waals surface area contributed by atoms with E-state index in [1.807, 2.05) is 0 Å². The van der Waals surface area contributed by atoms with Gasteiger partial charge in [0.1, 0.15) is 12.1 Å². The van der Waals surface area contributed by atoms with Crippen LogP contribution in [0, 0.1) is 0 Å². The molecule has 1 aromatic heterocycles. The Labute approximate surface area is 152 Å². The number of aliphatic carboxylic acids is 2. The van der Waals surface area contributed by atoms with Crippen LogP contribution in [0.5, 0.6) is 0 Å². The Bertz CT molecular complexity index is 705. The summed E-state index contributed by atoms with van der Waals surface area (Å²) < 4.78 is 0. The number of aromatic nitrogens is 2. The summed E-state index contributed by atoms with van der Waals surface area (Å²) in [6.45, 7) is 0. The number of carboxylic acids is 2. The summed E-state index contributed by atoms with van der Waals surface area (Å²) in [5.74, 6) is -5.58. The van der Waals surface area contributed by atoms with E-state index in [0.717, 1.165) is 0 Å². The van der Waals surface area contributed by atoms with Crippen molar-refractivity contribution in [2.75, 3.05) is 0 Å². The van der Waals surface area contributed by atoms with Crippen LogP contribution in [-0.4, -0.2) is 68.0 Å². The van der Waals surface area contributed by atoms with Crippen molar-refractivity contribution in [3.8, 4) is 0 Å². The van der Waals surface area contributed by atoms with E-state index in [-0.39, 0.29) is 6.42 Å². The van der Waals surface area contributed by atoms with Crippen molar-refractivity contribution in [3.63, 3.8) is 0 Å². The van der Waals surface area contributed by atoms with Gasteiger partial charge in [0.15, 0.2) is 0 Å². The summed E-state index contributed by atoms with van der Waals surface area (Å²) in [4.78, 5) is 63.6. The molecule has 1 heterocycles. The number of nitrogens with two attached hydrogens (primary N) is 2. The molecule has 0 saturated heterocycles. The van der Waals surface area contributed by atoms with Crippen LogP contribution in [0.2, 0.25) is 0 Å². The van der Waals surface area contributed by atoms with Crippen LogP contribution in [0.1, 0.15) is 18.5 Å². The number of amides is 3. The Morgan fingerprint density at radius 1 is 1.07 bits per heavy atom. The van der Waals surface area contributed by atoms with Crippen LogP contribution in [-0.2, 0) is 30.4 Å². The highest BCUT2D eigenvalue weighted by atomic mass is 16.4. The zero-order valence-corrected chi connectivity index (χ0v) is 14.0. The van der Waals surface area contributed by atoms with E-state index in [4.69, 9.17) is 21.7 Å². The van der Waals surface area contributed by atoms with Gasteiger partial charge in [-0.1, -0.05) is 0 Å². The molecule has 13 heteroatoms. The molecule has 3 unspecified atom stereocenters. The van der Waals surface area contributed by atoms with Crippen molar-refractivity contribution < 1.29 is 34.2 Å². The minimum absolute atomic E-state index is 0.111. The fraction of sp³-hybridized carbons (Fsp3) is 0.429. The average molecular weight is 384 g/mol. The molecule has 148 valence electrons. The molecule has 0 radical (unpaired) electrons. The molecule has 3 atom stereocenters. The van der Waals surface area contributed by atoms with E-state index in [0.29, 0.717) is 5.69 Å². The highest BCUT2D eigenvalue weighted by Crippen LogP contribution is 2.02. The first-order chi connectivity index (χ1) is 12.6. The standard InChI is InChI=1S/C14H20N6O7/c15-7(2-11(22)23)12(24)19-8(1-6-4-17-5-18-6)13(25)20-9(14(26)27)3-10(16)21/h4-5,7-9H,1-3,15H2,(H2,16,21)(H,17,18)(H,19,24)(H,20,25)(H,22,23)(H,26,27). The van der Waals surface area contributed by atoms with Crippen molar-refractivity contribution in [2.24, 2.45) is 11.5 Å². The molecule has 3 amide bonds. The van der Waals surface area contributed by atoms with Gasteiger partial charge in [-0.15, -0.1) is 0 Å². The van der Waals surface area contributed by atoms with Crippen molar-refractivity contribution in [3.05, 3.63) is 18.2 Å². The molecule has 1 aromatic rings. The Balaban J connectivity index is 2.90. The number of primary amides is 1. The minimum atomic E-state index is -1.59. The molecule has 0 aliphatic carbocycles. The third-order valence-electron chi connectivity index (χ3n) is 3.36. The monoisotopic (exact) mass is 384 g/mol. The number of nitrogens with one attached hydrogen (secondary N) is 3. The fourth-order valence-corrected chi connectivity index (χ4v) is 2.06. The molecule has 0 fully saturated rings. The van der Waals surface area contributed by atoms with Gasteiger partial charge in [-0.2, -0.15) is 0 Å². The zero-order valence-electron chi connectivity index (χ0n) is 14.0. The van der Waals surface area contributed by atoms with Gasteiger partial charge in [0.25, 0.3) is 0 Å². The van der Waals surface area contributed by atoms with Gasteiger partial charge < -0.3 is 37.3 Å². The van der Waals surface area contributed by atoms with Crippen LogP contribution in [0.25, 0.3) is 0 Å². The zero-order chi connectivity index (χ0) is 20.6. The van der Waals surface area contributed by atoms with Gasteiger partial charge >= 0.3 is 11.9 Å². The van der Waals surface area contributed by atoms with E-state index in [2.05, 4.69) is 20.6 Å². The largest absolute Gasteiger partial charge is 0.481 e. The SMILES string of the molecule is NC(=O)CC(NC(=O)C(Cc1cnc[nH]1)NC(=O)C(N)CC(=O)O)C(=O)O. The predicted octanol–water partition coefficient (Wildman–Crippen LogP) is -3.32. The number of carbonyl (C=O) groups excluding carboxylic acids is 3. The van der Waals surface area contributed by atoms with Crippen LogP contribution in [0.3, 0.4) is 0 Å². The highest BCUT2D eigenvalue weighted by Gasteiger charge is 2.29. The molecular weight excluding hydrogens is 364 g/mol. The molecule has 13 nitrogen and oxygen atoms in total. The summed E-state index contributed by atoms with van der Waals surface area (Å²) in [5.41, 5.74) is 10.8. The summed E-state index contributed by atoms with van der Waals surface area (Å²) in [6.07, 6.45) is 1.28. The second kappa shape index (κ2) is 9.86. The van der Waals surface area contributed by atoms with E-state index >= 15 is 0 Å². The van der Waals surface area contributed by atoms with Crippen LogP contribution >= 0.6 is 0 Å². The first kappa shape index (κ1) is 21.6. The lowest BCUT2D eigenvalue weighted by Gasteiger charge is -2.22. The number of hydrogen-bond acceptors (Lipinski definition) is 7. The topological polar surface area (TPSA) is 231 Å². The first-order valence-electron chi connectivity index (χ1n) is 7.66. The van der Waals surface area contributed by atoms with Gasteiger partial charge in [0.2, 0.25) is 17.7 Å². The van der Waals surface area contributed by atoms with Gasteiger partial charge in [0, 0.05) is 18.3 Å². The first-order valence-corrected chi connectivity index (χ1v) is 7.66. The number of aromatic amines is 1. The molecule has 0 aliphatic heterocycles. The number of hydrogen-bond donors (Lipinski definition) is 7. The number of carbonyl (C=O) groups is 5. The predicted molar refractivity (Wildman–Crippen MR) is 87.8 cm³/mol. The third kappa shape index (κ3) is 7.52. The van der Waals surface area contributed by atoms with Gasteiger partial charge in [-0.3, -0.25) is 19.2 Å². The second-order valence-corrected chi connectivity index (χ2v) is 5.62. The lowest BCUT2D eigenvalue weighted by atomic mass is 10.1. The lowest BCUT2D eigenvalue weighted by molar-refractivity contribution is -0.144. The smallest absolute Gasteiger partial charge is 0.326 e. The van der Waals surface area contributed by atoms with E-state index in [9.17, 15) is 24.0 Å². The van der Waals surface area contributed by atoms with E-state index in [1.54, 1.807) is 0 Å². The summed E-state index contributed by atoms with van der Waals surface area (Å²) >= 11 is 0. The minimum Gasteiger partial charge on any atom is -0.481 e. The second-order valence-electron chi connectivity index (χ2n) is 5.62. The molecule has 0 saturated carbocycles. The fourth-order valence-electron chi connectivity index (χ4n) is 2.06. The maximum Gasteiger partial charge on any atom is 0.326 e. The summed E-state index contributed by atoms with van der Waals surface area (Å²) in [6, 6.07) is -4.31. The molecular formula is C14H20N6O7. The molecule has 0 aliphatic rings. The maximum absolute atomic E-state index is 12.4. The molecule has 9 N–H and O–H groups in total. The van der Waals surface area contributed by atoms with Crippen molar-refractivity contribution >= 4 is 29.7 Å². The van der Waals surface area contributed by atoms with E-state index in [1.165, 1.54) is 12.5 Å². The quantitative estimate of drug-likeness (QED) is 0.202. The highest BCUT2D eigenvalue weighted by molar-refractivity contribution is 5.94. The van der Waals surface area contributed by atoms with Gasteiger partial charge in [-0.05, 0) is 0 Å². The maximum atomic E-state index is 12.4. The molecule has 0 aromatic carbocycles. The Morgan fingerprint density at radius 2 is 1.70 bits per heavy atom. The number of nitrogens with zero attached hydrogens (tertiary/aromatic N) is 1. The number of carboxylic acid groups (broad SMARTS) is 2. The van der Waals surface area contributed by atoms with Gasteiger partial charge in [-0.25, -0.2) is 9.78 Å². The molecule has 27 heavy (non-hydrogen) atoms. The van der Waals surface area contributed by atoms with Crippen molar-refractivity contribution in [1.82, 2.24) is 20.6 Å². The number of imidazole rings is 1.